The molecule has 166 valence electrons. The molecule has 2 amide bonds. The van der Waals surface area contributed by atoms with E-state index in [0.29, 0.717) is 30.0 Å². The molecule has 6 atom stereocenters. The lowest BCUT2D eigenvalue weighted by Crippen LogP contribution is -2.61. The first-order valence-corrected chi connectivity index (χ1v) is 11.0. The Labute approximate surface area is 187 Å². The van der Waals surface area contributed by atoms with E-state index >= 15 is 0 Å². The molecule has 32 heavy (non-hydrogen) atoms. The van der Waals surface area contributed by atoms with E-state index in [1.54, 1.807) is 13.2 Å². The second kappa shape index (κ2) is 8.37. The maximum absolute atomic E-state index is 12.9. The molecule has 3 heterocycles. The van der Waals surface area contributed by atoms with Gasteiger partial charge in [0, 0.05) is 36.6 Å². The van der Waals surface area contributed by atoms with Gasteiger partial charge in [-0.05, 0) is 49.3 Å². The van der Waals surface area contributed by atoms with Crippen LogP contribution in [0.4, 0.5) is 4.79 Å². The topological polar surface area (TPSA) is 115 Å². The third kappa shape index (κ3) is 3.66. The fourth-order valence-electron chi connectivity index (χ4n) is 5.42. The molecule has 2 aromatic rings. The number of urea groups is 1. The van der Waals surface area contributed by atoms with E-state index in [1.165, 1.54) is 0 Å². The van der Waals surface area contributed by atoms with Crippen molar-refractivity contribution in [2.24, 2.45) is 11.8 Å². The van der Waals surface area contributed by atoms with Crippen LogP contribution in [0.5, 0.6) is 6.01 Å². The first-order valence-electron chi connectivity index (χ1n) is 11.0. The highest BCUT2D eigenvalue weighted by Crippen LogP contribution is 2.42. The number of aromatic nitrogens is 2. The minimum atomic E-state index is -0.104. The van der Waals surface area contributed by atoms with Crippen LogP contribution < -0.4 is 20.9 Å². The molecular weight excluding hydrogens is 406 g/mol. The monoisotopic (exact) mass is 433 g/mol. The summed E-state index contributed by atoms with van der Waals surface area (Å²) in [5, 5.41) is 12.5. The predicted molar refractivity (Wildman–Crippen MR) is 116 cm³/mol. The zero-order chi connectivity index (χ0) is 22.2. The van der Waals surface area contributed by atoms with Crippen LogP contribution in [0.15, 0.2) is 36.7 Å². The Bertz CT molecular complexity index is 1040. The molecule has 0 spiro atoms. The number of rotatable bonds is 4. The fraction of sp³-hybridized carbons (Fsp3) is 0.478. The molecule has 5 unspecified atom stereocenters. The summed E-state index contributed by atoms with van der Waals surface area (Å²) in [6, 6.07) is 10.4. The number of amides is 2. The fourth-order valence-corrected chi connectivity index (χ4v) is 5.42. The maximum Gasteiger partial charge on any atom is 0.318 e. The summed E-state index contributed by atoms with van der Waals surface area (Å²) < 4.78 is 5.08. The molecule has 1 aliphatic carbocycles. The summed E-state index contributed by atoms with van der Waals surface area (Å²) in [6.07, 6.45) is 5.50. The summed E-state index contributed by atoms with van der Waals surface area (Å²) in [6.45, 7) is 2.72. The van der Waals surface area contributed by atoms with Gasteiger partial charge in [-0.15, -0.1) is 0 Å². The van der Waals surface area contributed by atoms with Crippen LogP contribution in [0.25, 0.3) is 0 Å². The van der Waals surface area contributed by atoms with Gasteiger partial charge in [-0.25, -0.2) is 20.2 Å². The van der Waals surface area contributed by atoms with Gasteiger partial charge in [0.1, 0.15) is 0 Å². The lowest BCUT2D eigenvalue weighted by Gasteiger charge is -2.47. The highest BCUT2D eigenvalue weighted by atomic mass is 16.5. The normalized spacial score (nSPS) is 30.0. The lowest BCUT2D eigenvalue weighted by atomic mass is 9.71. The predicted octanol–water partition coefficient (Wildman–Crippen LogP) is 2.06. The maximum atomic E-state index is 12.9. The molecule has 5 rings (SSSR count). The van der Waals surface area contributed by atoms with Crippen LogP contribution in [-0.4, -0.2) is 46.6 Å². The highest BCUT2D eigenvalue weighted by molar-refractivity contribution is 5.76. The Morgan fingerprint density at radius 1 is 1.22 bits per heavy atom. The number of hydrogen-bond acceptors (Lipinski definition) is 7. The van der Waals surface area contributed by atoms with Gasteiger partial charge in [-0.3, -0.25) is 5.43 Å². The van der Waals surface area contributed by atoms with Crippen molar-refractivity contribution in [3.8, 4) is 12.1 Å². The number of hydrogen-bond donors (Lipinski definition) is 3. The van der Waals surface area contributed by atoms with Crippen molar-refractivity contribution < 1.29 is 9.53 Å². The molecule has 3 aliphatic rings. The minimum Gasteiger partial charge on any atom is -0.467 e. The second-order valence-corrected chi connectivity index (χ2v) is 8.89. The van der Waals surface area contributed by atoms with Crippen molar-refractivity contribution in [3.63, 3.8) is 0 Å². The quantitative estimate of drug-likeness (QED) is 0.676. The molecule has 1 saturated carbocycles. The van der Waals surface area contributed by atoms with E-state index in [9.17, 15) is 10.1 Å². The zero-order valence-corrected chi connectivity index (χ0v) is 18.2. The number of ether oxygens (including phenoxy) is 1. The lowest BCUT2D eigenvalue weighted by molar-refractivity contribution is 0.0835. The molecule has 9 nitrogen and oxygen atoms in total. The number of carbonyl (C=O) groups excluding carboxylic acids is 1. The first kappa shape index (κ1) is 20.7. The number of nitrogens with one attached hydrogen (secondary N) is 3. The van der Waals surface area contributed by atoms with E-state index < -0.39 is 0 Å². The first-order chi connectivity index (χ1) is 15.6. The summed E-state index contributed by atoms with van der Waals surface area (Å²) in [7, 11) is 1.56. The Morgan fingerprint density at radius 2 is 2.03 bits per heavy atom. The van der Waals surface area contributed by atoms with Gasteiger partial charge in [0.25, 0.3) is 0 Å². The van der Waals surface area contributed by atoms with Crippen molar-refractivity contribution in [3.05, 3.63) is 53.3 Å². The van der Waals surface area contributed by atoms with E-state index in [4.69, 9.17) is 4.74 Å². The van der Waals surface area contributed by atoms with E-state index in [2.05, 4.69) is 32.2 Å². The third-order valence-electron chi connectivity index (χ3n) is 7.18. The Balaban J connectivity index is 1.32. The molecule has 3 N–H and O–H groups in total. The second-order valence-electron chi connectivity index (χ2n) is 8.89. The molecule has 0 radical (unpaired) electrons. The zero-order valence-electron chi connectivity index (χ0n) is 18.2. The molecule has 2 saturated heterocycles. The van der Waals surface area contributed by atoms with Gasteiger partial charge in [-0.1, -0.05) is 12.1 Å². The Hall–Kier alpha value is -3.22. The summed E-state index contributed by atoms with van der Waals surface area (Å²) in [5.41, 5.74) is 9.46. The molecule has 3 fully saturated rings. The number of nitriles is 1. The molecule has 2 aliphatic heterocycles. The number of methoxy groups -OCH3 is 1. The largest absolute Gasteiger partial charge is 0.467 e. The van der Waals surface area contributed by atoms with Crippen molar-refractivity contribution in [1.82, 2.24) is 31.0 Å². The minimum absolute atomic E-state index is 0.0365. The van der Waals surface area contributed by atoms with Crippen LogP contribution in [-0.2, 0) is 0 Å². The van der Waals surface area contributed by atoms with Crippen LogP contribution in [0, 0.1) is 23.2 Å². The van der Waals surface area contributed by atoms with Gasteiger partial charge < -0.3 is 15.0 Å². The highest BCUT2D eigenvalue weighted by Gasteiger charge is 2.48. The molecule has 1 aromatic carbocycles. The van der Waals surface area contributed by atoms with Crippen molar-refractivity contribution in [1.29, 1.82) is 5.26 Å². The summed E-state index contributed by atoms with van der Waals surface area (Å²) in [5.74, 6) is 0.723. The SMILES string of the molecule is COc1ncc(C2NNC3CC4NC(=O)N([C@H](C)c5cccc(C#N)c5)CC4CC32)cn1. The molecule has 1 aromatic heterocycles. The average Bonchev–Trinajstić information content (AvgIpc) is 3.24. The Kier molecular flexibility index (Phi) is 5.41. The van der Waals surface area contributed by atoms with Gasteiger partial charge in [-0.2, -0.15) is 5.26 Å². The molecular formula is C23H27N7O2. The molecule has 0 bridgehead atoms. The van der Waals surface area contributed by atoms with E-state index in [-0.39, 0.29) is 30.2 Å². The summed E-state index contributed by atoms with van der Waals surface area (Å²) >= 11 is 0. The number of benzene rings is 1. The average molecular weight is 434 g/mol. The van der Waals surface area contributed by atoms with Crippen molar-refractivity contribution in [2.75, 3.05) is 13.7 Å². The van der Waals surface area contributed by atoms with Crippen molar-refractivity contribution >= 4 is 6.03 Å². The number of carbonyl (C=O) groups is 1. The van der Waals surface area contributed by atoms with Gasteiger partial charge in [0.15, 0.2) is 0 Å². The number of hydrazine groups is 1. The van der Waals surface area contributed by atoms with Crippen LogP contribution in [0.1, 0.15) is 48.5 Å². The standard InChI is InChI=1S/C23H27N7O2/c1-13(15-5-3-4-14(6-15)9-24)30-12-16-7-18-20(8-19(16)27-23(30)31)28-29-21(18)17-10-25-22(32-2)26-11-17/h3-6,10-11,13,16,18-21,28-29H,7-8,12H2,1-2H3,(H,27,31)/t13-,16?,18?,19?,20?,21?/m1/s1. The van der Waals surface area contributed by atoms with E-state index in [1.807, 2.05) is 42.4 Å². The van der Waals surface area contributed by atoms with Crippen molar-refractivity contribution in [2.45, 2.75) is 43.9 Å². The van der Waals surface area contributed by atoms with Gasteiger partial charge >= 0.3 is 12.0 Å². The molecule has 9 heteroatoms. The summed E-state index contributed by atoms with van der Waals surface area (Å²) in [4.78, 5) is 23.4. The van der Waals surface area contributed by atoms with Gasteiger partial charge in [0.2, 0.25) is 0 Å². The van der Waals surface area contributed by atoms with E-state index in [0.717, 1.165) is 24.0 Å². The number of fused-ring (bicyclic) bond motifs is 2. The van der Waals surface area contributed by atoms with Crippen LogP contribution >= 0.6 is 0 Å². The number of nitrogens with zero attached hydrogens (tertiary/aromatic N) is 4. The van der Waals surface area contributed by atoms with Crippen LogP contribution in [0.2, 0.25) is 0 Å². The Morgan fingerprint density at radius 3 is 2.78 bits per heavy atom. The van der Waals surface area contributed by atoms with Crippen LogP contribution in [0.3, 0.4) is 0 Å². The third-order valence-corrected chi connectivity index (χ3v) is 7.18. The smallest absolute Gasteiger partial charge is 0.318 e. The van der Waals surface area contributed by atoms with Gasteiger partial charge in [0.05, 0.1) is 30.8 Å².